The van der Waals surface area contributed by atoms with Gasteiger partial charge in [0.05, 0.1) is 11.4 Å². The number of aromatic nitrogens is 2. The first-order valence-corrected chi connectivity index (χ1v) is 9.85. The number of rotatable bonds is 5. The van der Waals surface area contributed by atoms with E-state index >= 15 is 0 Å². The van der Waals surface area contributed by atoms with E-state index in [-0.39, 0.29) is 22.8 Å². The molecule has 33 heavy (non-hydrogen) atoms. The Morgan fingerprint density at radius 3 is 2.58 bits per heavy atom. The van der Waals surface area contributed by atoms with Crippen molar-refractivity contribution in [3.63, 3.8) is 0 Å². The van der Waals surface area contributed by atoms with E-state index in [0.717, 1.165) is 0 Å². The number of hydrogen-bond acceptors (Lipinski definition) is 6. The number of benzene rings is 2. The Hall–Kier alpha value is -4.15. The van der Waals surface area contributed by atoms with Crippen LogP contribution in [0.15, 0.2) is 70.7 Å². The van der Waals surface area contributed by atoms with E-state index in [4.69, 9.17) is 0 Å². The summed E-state index contributed by atoms with van der Waals surface area (Å²) in [6.45, 7) is 1.40. The number of carbonyl (C=O) groups excluding carboxylic acids is 1. The van der Waals surface area contributed by atoms with E-state index in [1.54, 1.807) is 35.5 Å². The van der Waals surface area contributed by atoms with Crippen LogP contribution in [0.25, 0.3) is 5.69 Å². The highest BCUT2D eigenvalue weighted by atomic mass is 19.4. The third-order valence-corrected chi connectivity index (χ3v) is 4.75. The highest BCUT2D eigenvalue weighted by Gasteiger charge is 2.31. The summed E-state index contributed by atoms with van der Waals surface area (Å²) in [7, 11) is 0. The van der Waals surface area contributed by atoms with Crippen LogP contribution in [0.3, 0.4) is 0 Å². The first-order chi connectivity index (χ1) is 15.7. The fourth-order valence-electron chi connectivity index (χ4n) is 3.42. The van der Waals surface area contributed by atoms with Gasteiger partial charge in [0, 0.05) is 37.5 Å². The van der Waals surface area contributed by atoms with Gasteiger partial charge in [-0.3, -0.25) is 14.6 Å². The summed E-state index contributed by atoms with van der Waals surface area (Å²) >= 11 is 0. The molecule has 11 heteroatoms. The van der Waals surface area contributed by atoms with E-state index in [0.29, 0.717) is 23.5 Å². The summed E-state index contributed by atoms with van der Waals surface area (Å²) in [5, 5.41) is 13.1. The van der Waals surface area contributed by atoms with Crippen LogP contribution in [0.4, 0.5) is 24.5 Å². The van der Waals surface area contributed by atoms with Crippen LogP contribution >= 0.6 is 0 Å². The predicted molar refractivity (Wildman–Crippen MR) is 116 cm³/mol. The molecule has 0 saturated heterocycles. The van der Waals surface area contributed by atoms with Gasteiger partial charge in [0.1, 0.15) is 17.5 Å². The van der Waals surface area contributed by atoms with Crippen LogP contribution in [-0.2, 0) is 4.79 Å². The molecule has 1 unspecified atom stereocenters. The number of hydrazone groups is 1. The molecule has 0 aliphatic carbocycles. The molecule has 1 aromatic heterocycles. The number of nitrogens with one attached hydrogen (secondary N) is 1. The second kappa shape index (κ2) is 8.77. The van der Waals surface area contributed by atoms with Gasteiger partial charge in [-0.1, -0.05) is 6.07 Å². The number of ether oxygens (including phenoxy) is 1. The first-order valence-electron chi connectivity index (χ1n) is 9.85. The van der Waals surface area contributed by atoms with Gasteiger partial charge in [-0.15, -0.1) is 13.2 Å². The van der Waals surface area contributed by atoms with Crippen LogP contribution < -0.4 is 20.5 Å². The lowest BCUT2D eigenvalue weighted by Crippen LogP contribution is -2.27. The minimum atomic E-state index is -4.78. The number of amides is 1. The Bertz CT molecular complexity index is 1260. The zero-order valence-corrected chi connectivity index (χ0v) is 17.3. The van der Waals surface area contributed by atoms with Gasteiger partial charge >= 0.3 is 6.36 Å². The fourth-order valence-corrected chi connectivity index (χ4v) is 3.42. The van der Waals surface area contributed by atoms with Crippen molar-refractivity contribution in [3.05, 3.63) is 76.7 Å². The molecule has 1 atom stereocenters. The van der Waals surface area contributed by atoms with Crippen LogP contribution in [0.1, 0.15) is 25.1 Å². The van der Waals surface area contributed by atoms with Gasteiger partial charge < -0.3 is 10.1 Å². The molecule has 3 aromatic rings. The molecule has 0 fully saturated rings. The Morgan fingerprint density at radius 1 is 1.12 bits per heavy atom. The van der Waals surface area contributed by atoms with Crippen molar-refractivity contribution >= 4 is 23.5 Å². The third kappa shape index (κ3) is 5.20. The van der Waals surface area contributed by atoms with Gasteiger partial charge in [0.2, 0.25) is 11.3 Å². The molecule has 2 aromatic carbocycles. The predicted octanol–water partition coefficient (Wildman–Crippen LogP) is 4.03. The molecule has 4 rings (SSSR count). The molecule has 0 bridgehead atoms. The molecule has 1 aliphatic heterocycles. The molecule has 0 saturated carbocycles. The van der Waals surface area contributed by atoms with Crippen molar-refractivity contribution in [1.82, 2.24) is 9.78 Å². The largest absolute Gasteiger partial charge is 0.573 e. The van der Waals surface area contributed by atoms with E-state index in [2.05, 4.69) is 20.3 Å². The average Bonchev–Trinajstić information content (AvgIpc) is 3.23. The quantitative estimate of drug-likeness (QED) is 0.625. The Balaban J connectivity index is 1.63. The summed E-state index contributed by atoms with van der Waals surface area (Å²) in [5.41, 5.74) is 1.60. The molecule has 1 amide bonds. The van der Waals surface area contributed by atoms with Crippen molar-refractivity contribution < 1.29 is 22.7 Å². The molecule has 2 heterocycles. The monoisotopic (exact) mass is 457 g/mol. The molecule has 170 valence electrons. The van der Waals surface area contributed by atoms with Crippen molar-refractivity contribution in [3.8, 4) is 11.4 Å². The second-order valence-corrected chi connectivity index (χ2v) is 7.18. The minimum absolute atomic E-state index is 0.215. The van der Waals surface area contributed by atoms with Crippen LogP contribution in [-0.4, -0.2) is 28.3 Å². The first kappa shape index (κ1) is 22.1. The normalized spacial score (nSPS) is 15.5. The third-order valence-electron chi connectivity index (χ3n) is 4.75. The Kier molecular flexibility index (Phi) is 5.86. The summed E-state index contributed by atoms with van der Waals surface area (Å²) in [6.07, 6.45) is -1.26. The molecule has 8 nitrogen and oxygen atoms in total. The molecule has 0 spiro atoms. The summed E-state index contributed by atoms with van der Waals surface area (Å²) in [4.78, 5) is 24.0. The number of alkyl halides is 3. The number of halogens is 3. The summed E-state index contributed by atoms with van der Waals surface area (Å²) in [6, 6.07) is 13.0. The number of anilines is 2. The van der Waals surface area contributed by atoms with Gasteiger partial charge in [-0.2, -0.15) is 10.2 Å². The van der Waals surface area contributed by atoms with Gasteiger partial charge in [0.15, 0.2) is 0 Å². The standard InChI is InChI=1S/C22H18F3N5O3/c1-14(31)27-15-3-2-4-17(13-15)30-19(9-11-26-30)21-20(32)10-12-29(28-21)16-5-7-18(8-6-16)33-22(23,24)25/h2-8,10-13,19H,9H2,1H3,(H,27,31). The SMILES string of the molecule is CC(=O)Nc1cccc(N2N=CCC2c2nn(-c3ccc(OC(F)(F)F)cc3)ccc2=O)c1. The van der Waals surface area contributed by atoms with E-state index < -0.39 is 12.4 Å². The van der Waals surface area contributed by atoms with Crippen molar-refractivity contribution in [2.75, 3.05) is 10.3 Å². The zero-order valence-electron chi connectivity index (χ0n) is 17.3. The number of carbonyl (C=O) groups is 1. The molecular weight excluding hydrogens is 439 g/mol. The summed E-state index contributed by atoms with van der Waals surface area (Å²) < 4.78 is 42.4. The fraction of sp³-hybridized carbons (Fsp3) is 0.182. The lowest BCUT2D eigenvalue weighted by Gasteiger charge is -2.23. The number of nitrogens with zero attached hydrogens (tertiary/aromatic N) is 4. The minimum Gasteiger partial charge on any atom is -0.406 e. The highest BCUT2D eigenvalue weighted by molar-refractivity contribution is 5.89. The number of hydrogen-bond donors (Lipinski definition) is 1. The lowest BCUT2D eigenvalue weighted by atomic mass is 10.1. The molecular formula is C22H18F3N5O3. The maximum Gasteiger partial charge on any atom is 0.573 e. The molecule has 0 radical (unpaired) electrons. The highest BCUT2D eigenvalue weighted by Crippen LogP contribution is 2.32. The van der Waals surface area contributed by atoms with Crippen LogP contribution in [0, 0.1) is 0 Å². The Labute approximate surface area is 185 Å². The molecule has 1 N–H and O–H groups in total. The van der Waals surface area contributed by atoms with Gasteiger partial charge in [-0.25, -0.2) is 4.68 Å². The second-order valence-electron chi connectivity index (χ2n) is 7.18. The van der Waals surface area contributed by atoms with E-state index in [1.165, 1.54) is 48.1 Å². The maximum atomic E-state index is 12.6. The topological polar surface area (TPSA) is 88.8 Å². The molecule has 1 aliphatic rings. The van der Waals surface area contributed by atoms with Gasteiger partial charge in [0.25, 0.3) is 0 Å². The summed E-state index contributed by atoms with van der Waals surface area (Å²) in [5.74, 6) is -0.574. The Morgan fingerprint density at radius 2 is 1.88 bits per heavy atom. The van der Waals surface area contributed by atoms with Gasteiger partial charge in [-0.05, 0) is 42.5 Å². The van der Waals surface area contributed by atoms with Crippen LogP contribution in [0.5, 0.6) is 5.75 Å². The van der Waals surface area contributed by atoms with E-state index in [1.807, 2.05) is 0 Å². The van der Waals surface area contributed by atoms with Crippen molar-refractivity contribution in [2.24, 2.45) is 5.10 Å². The lowest BCUT2D eigenvalue weighted by molar-refractivity contribution is -0.274. The van der Waals surface area contributed by atoms with E-state index in [9.17, 15) is 22.8 Å². The average molecular weight is 457 g/mol. The maximum absolute atomic E-state index is 12.6. The van der Waals surface area contributed by atoms with Crippen LogP contribution in [0.2, 0.25) is 0 Å². The van der Waals surface area contributed by atoms with Crippen molar-refractivity contribution in [2.45, 2.75) is 25.7 Å². The smallest absolute Gasteiger partial charge is 0.406 e. The zero-order chi connectivity index (χ0) is 23.6. The van der Waals surface area contributed by atoms with Crippen molar-refractivity contribution in [1.29, 1.82) is 0 Å².